The number of aryl methyl sites for hydroxylation is 1. The van der Waals surface area contributed by atoms with Crippen LogP contribution in [-0.4, -0.2) is 28.2 Å². The number of hydrogen-bond acceptors (Lipinski definition) is 4. The summed E-state index contributed by atoms with van der Waals surface area (Å²) in [6.07, 6.45) is 0. The van der Waals surface area contributed by atoms with E-state index in [4.69, 9.17) is 21.4 Å². The van der Waals surface area contributed by atoms with E-state index in [1.807, 2.05) is 0 Å². The number of hydrogen-bond donors (Lipinski definition) is 1. The van der Waals surface area contributed by atoms with Crippen molar-refractivity contribution < 1.29 is 14.6 Å². The lowest BCUT2D eigenvalue weighted by Gasteiger charge is -2.07. The minimum absolute atomic E-state index is 0.0608. The molecule has 0 fully saturated rings. The molecule has 0 atom stereocenters. The molecule has 0 unspecified atom stereocenters. The number of methoxy groups -OCH3 is 1. The summed E-state index contributed by atoms with van der Waals surface area (Å²) in [6.45, 7) is 1.63. The van der Waals surface area contributed by atoms with E-state index in [2.05, 4.69) is 9.97 Å². The standard InChI is InChI=1S/C13H11ClN2O3/c1-7-15-11(6-12(16-7)13(17)18)9-4-3-8(19-2)5-10(9)14/h3-6H,1-2H3,(H,17,18). The maximum absolute atomic E-state index is 11.0. The molecule has 1 aromatic heterocycles. The van der Waals surface area contributed by atoms with Crippen molar-refractivity contribution >= 4 is 17.6 Å². The van der Waals surface area contributed by atoms with E-state index >= 15 is 0 Å². The number of carbonyl (C=O) groups is 1. The molecule has 0 spiro atoms. The third-order valence-electron chi connectivity index (χ3n) is 2.51. The smallest absolute Gasteiger partial charge is 0.354 e. The van der Waals surface area contributed by atoms with Crippen LogP contribution in [0.15, 0.2) is 24.3 Å². The van der Waals surface area contributed by atoms with Crippen LogP contribution in [0.25, 0.3) is 11.3 Å². The van der Waals surface area contributed by atoms with Crippen molar-refractivity contribution in [1.82, 2.24) is 9.97 Å². The van der Waals surface area contributed by atoms with Crippen LogP contribution in [-0.2, 0) is 0 Å². The summed E-state index contributed by atoms with van der Waals surface area (Å²) in [4.78, 5) is 19.0. The molecule has 0 saturated heterocycles. The molecule has 2 rings (SSSR count). The summed E-state index contributed by atoms with van der Waals surface area (Å²) < 4.78 is 5.06. The first-order chi connectivity index (χ1) is 9.01. The Morgan fingerprint density at radius 1 is 1.32 bits per heavy atom. The van der Waals surface area contributed by atoms with Gasteiger partial charge in [-0.05, 0) is 31.2 Å². The van der Waals surface area contributed by atoms with Gasteiger partial charge in [0, 0.05) is 5.56 Å². The lowest BCUT2D eigenvalue weighted by Crippen LogP contribution is -2.04. The highest BCUT2D eigenvalue weighted by Gasteiger charge is 2.12. The van der Waals surface area contributed by atoms with Crippen molar-refractivity contribution in [3.05, 3.63) is 40.8 Å². The summed E-state index contributed by atoms with van der Waals surface area (Å²) in [5.74, 6) is -0.101. The molecule has 0 aliphatic heterocycles. The van der Waals surface area contributed by atoms with E-state index in [9.17, 15) is 4.79 Å². The summed E-state index contributed by atoms with van der Waals surface area (Å²) >= 11 is 6.14. The van der Waals surface area contributed by atoms with E-state index < -0.39 is 5.97 Å². The van der Waals surface area contributed by atoms with Gasteiger partial charge in [-0.3, -0.25) is 0 Å². The first-order valence-electron chi connectivity index (χ1n) is 5.44. The average molecular weight is 279 g/mol. The molecule has 1 N–H and O–H groups in total. The second-order valence-corrected chi connectivity index (χ2v) is 4.24. The Labute approximate surface area is 114 Å². The second kappa shape index (κ2) is 5.24. The molecule has 5 nitrogen and oxygen atoms in total. The van der Waals surface area contributed by atoms with Gasteiger partial charge in [0.1, 0.15) is 11.6 Å². The number of rotatable bonds is 3. The number of aromatic nitrogens is 2. The van der Waals surface area contributed by atoms with Crippen molar-refractivity contribution in [2.24, 2.45) is 0 Å². The van der Waals surface area contributed by atoms with E-state index in [1.54, 1.807) is 32.2 Å². The van der Waals surface area contributed by atoms with Crippen LogP contribution in [0.5, 0.6) is 5.75 Å². The highest BCUT2D eigenvalue weighted by Crippen LogP contribution is 2.30. The zero-order chi connectivity index (χ0) is 14.0. The van der Waals surface area contributed by atoms with Crippen LogP contribution in [0.1, 0.15) is 16.3 Å². The van der Waals surface area contributed by atoms with Crippen molar-refractivity contribution in [2.45, 2.75) is 6.92 Å². The fourth-order valence-corrected chi connectivity index (χ4v) is 1.91. The van der Waals surface area contributed by atoms with Crippen LogP contribution >= 0.6 is 11.6 Å². The minimum atomic E-state index is -1.10. The molecular formula is C13H11ClN2O3. The maximum Gasteiger partial charge on any atom is 0.354 e. The highest BCUT2D eigenvalue weighted by molar-refractivity contribution is 6.33. The lowest BCUT2D eigenvalue weighted by molar-refractivity contribution is 0.0690. The number of carboxylic acids is 1. The number of nitrogens with zero attached hydrogens (tertiary/aromatic N) is 2. The van der Waals surface area contributed by atoms with E-state index in [-0.39, 0.29) is 5.69 Å². The monoisotopic (exact) mass is 278 g/mol. The van der Waals surface area contributed by atoms with Crippen LogP contribution < -0.4 is 4.74 Å². The molecule has 0 radical (unpaired) electrons. The quantitative estimate of drug-likeness (QED) is 0.934. The Morgan fingerprint density at radius 2 is 2.05 bits per heavy atom. The summed E-state index contributed by atoms with van der Waals surface area (Å²) in [5.41, 5.74) is 1.04. The van der Waals surface area contributed by atoms with Gasteiger partial charge >= 0.3 is 5.97 Å². The summed E-state index contributed by atoms with van der Waals surface area (Å²) in [5, 5.41) is 9.43. The molecule has 1 heterocycles. The topological polar surface area (TPSA) is 72.3 Å². The van der Waals surface area contributed by atoms with Crippen LogP contribution in [0.2, 0.25) is 5.02 Å². The molecule has 2 aromatic rings. The van der Waals surface area contributed by atoms with Crippen molar-refractivity contribution in [1.29, 1.82) is 0 Å². The largest absolute Gasteiger partial charge is 0.497 e. The van der Waals surface area contributed by atoms with Crippen molar-refractivity contribution in [3.8, 4) is 17.0 Å². The first-order valence-corrected chi connectivity index (χ1v) is 5.82. The number of halogens is 1. The Hall–Kier alpha value is -2.14. The van der Waals surface area contributed by atoms with Gasteiger partial charge in [0.25, 0.3) is 0 Å². The normalized spacial score (nSPS) is 10.3. The number of aromatic carboxylic acids is 1. The predicted octanol–water partition coefficient (Wildman–Crippen LogP) is 2.81. The summed E-state index contributed by atoms with van der Waals surface area (Å²) in [7, 11) is 1.54. The van der Waals surface area contributed by atoms with E-state index in [0.29, 0.717) is 27.9 Å². The van der Waals surface area contributed by atoms with Gasteiger partial charge in [0.2, 0.25) is 0 Å². The van der Waals surface area contributed by atoms with Gasteiger partial charge in [0.05, 0.1) is 17.8 Å². The third-order valence-corrected chi connectivity index (χ3v) is 2.82. The average Bonchev–Trinajstić information content (AvgIpc) is 2.37. The third kappa shape index (κ3) is 2.82. The Kier molecular flexibility index (Phi) is 3.66. The number of carboxylic acid groups (broad SMARTS) is 1. The minimum Gasteiger partial charge on any atom is -0.497 e. The SMILES string of the molecule is COc1ccc(-c2cc(C(=O)O)nc(C)n2)c(Cl)c1. The fourth-order valence-electron chi connectivity index (χ4n) is 1.65. The molecule has 0 amide bonds. The van der Waals surface area contributed by atoms with Gasteiger partial charge in [0.15, 0.2) is 5.69 Å². The number of benzene rings is 1. The molecule has 6 heteroatoms. The van der Waals surface area contributed by atoms with Gasteiger partial charge in [-0.15, -0.1) is 0 Å². The molecule has 98 valence electrons. The van der Waals surface area contributed by atoms with E-state index in [0.717, 1.165) is 0 Å². The molecule has 19 heavy (non-hydrogen) atoms. The molecule has 0 bridgehead atoms. The summed E-state index contributed by atoms with van der Waals surface area (Å²) in [6, 6.07) is 6.51. The lowest BCUT2D eigenvalue weighted by atomic mass is 10.1. The Morgan fingerprint density at radius 3 is 2.63 bits per heavy atom. The second-order valence-electron chi connectivity index (χ2n) is 3.84. The Bertz CT molecular complexity index is 644. The Balaban J connectivity index is 2.55. The van der Waals surface area contributed by atoms with Gasteiger partial charge in [-0.1, -0.05) is 11.6 Å². The molecule has 0 aliphatic carbocycles. The van der Waals surface area contributed by atoms with Crippen LogP contribution in [0, 0.1) is 6.92 Å². The number of ether oxygens (including phenoxy) is 1. The van der Waals surface area contributed by atoms with E-state index in [1.165, 1.54) is 6.07 Å². The van der Waals surface area contributed by atoms with Gasteiger partial charge in [-0.25, -0.2) is 14.8 Å². The highest BCUT2D eigenvalue weighted by atomic mass is 35.5. The van der Waals surface area contributed by atoms with Crippen LogP contribution in [0.3, 0.4) is 0 Å². The molecule has 0 saturated carbocycles. The van der Waals surface area contributed by atoms with Gasteiger partial charge < -0.3 is 9.84 Å². The van der Waals surface area contributed by atoms with Gasteiger partial charge in [-0.2, -0.15) is 0 Å². The predicted molar refractivity (Wildman–Crippen MR) is 70.7 cm³/mol. The molecular weight excluding hydrogens is 268 g/mol. The first kappa shape index (κ1) is 13.3. The van der Waals surface area contributed by atoms with Crippen LogP contribution in [0.4, 0.5) is 0 Å². The molecule has 1 aromatic carbocycles. The fraction of sp³-hybridized carbons (Fsp3) is 0.154. The maximum atomic E-state index is 11.0. The molecule has 0 aliphatic rings. The zero-order valence-corrected chi connectivity index (χ0v) is 11.1. The zero-order valence-electron chi connectivity index (χ0n) is 10.3. The van der Waals surface area contributed by atoms with Crippen molar-refractivity contribution in [3.63, 3.8) is 0 Å². The van der Waals surface area contributed by atoms with Crippen molar-refractivity contribution in [2.75, 3.05) is 7.11 Å².